The number of imidazole rings is 1. The number of pyridine rings is 1. The third kappa shape index (κ3) is 3.49. The van der Waals surface area contributed by atoms with Crippen LogP contribution in [0.5, 0.6) is 0 Å². The maximum absolute atomic E-state index is 12.2. The number of ether oxygens (including phenoxy) is 1. The van der Waals surface area contributed by atoms with Crippen molar-refractivity contribution in [3.05, 3.63) is 42.6 Å². The summed E-state index contributed by atoms with van der Waals surface area (Å²) in [5, 5.41) is 2.67. The number of rotatable bonds is 5. The molecule has 22 heavy (non-hydrogen) atoms. The Bertz CT molecular complexity index is 635. The van der Waals surface area contributed by atoms with Gasteiger partial charge in [0, 0.05) is 18.6 Å². The van der Waals surface area contributed by atoms with Gasteiger partial charge in [0.1, 0.15) is 18.2 Å². The Balaban J connectivity index is 2.11. The normalized spacial score (nSPS) is 12.0. The second kappa shape index (κ2) is 6.84. The summed E-state index contributed by atoms with van der Waals surface area (Å²) < 4.78 is 6.43. The van der Waals surface area contributed by atoms with Gasteiger partial charge in [-0.05, 0) is 18.1 Å². The van der Waals surface area contributed by atoms with Crippen LogP contribution in [0.2, 0.25) is 0 Å². The van der Waals surface area contributed by atoms with Crippen LogP contribution < -0.4 is 5.32 Å². The first-order valence-electron chi connectivity index (χ1n) is 6.86. The SMILES string of the molecule is COC(=O)[C@H](NC(=O)c1ccc(-n2ccnc2)nc1)C(C)C. The topological polar surface area (TPSA) is 86.1 Å². The Kier molecular flexibility index (Phi) is 4.88. The minimum absolute atomic E-state index is 0.0745. The van der Waals surface area contributed by atoms with E-state index in [0.717, 1.165) is 0 Å². The third-order valence-corrected chi connectivity index (χ3v) is 3.19. The summed E-state index contributed by atoms with van der Waals surface area (Å²) in [4.78, 5) is 32.0. The van der Waals surface area contributed by atoms with Crippen molar-refractivity contribution >= 4 is 11.9 Å². The smallest absolute Gasteiger partial charge is 0.328 e. The number of nitrogens with one attached hydrogen (secondary N) is 1. The highest BCUT2D eigenvalue weighted by molar-refractivity contribution is 5.96. The van der Waals surface area contributed by atoms with Crippen molar-refractivity contribution in [2.45, 2.75) is 19.9 Å². The summed E-state index contributed by atoms with van der Waals surface area (Å²) in [5.41, 5.74) is 0.374. The van der Waals surface area contributed by atoms with Gasteiger partial charge in [-0.2, -0.15) is 0 Å². The number of carbonyl (C=O) groups is 2. The predicted octanol–water partition coefficient (Wildman–Crippen LogP) is 1.19. The standard InChI is InChI=1S/C15H18N4O3/c1-10(2)13(15(21)22-3)18-14(20)11-4-5-12(17-8-11)19-7-6-16-9-19/h4-10,13H,1-3H3,(H,18,20)/t13-/m1/s1. The van der Waals surface area contributed by atoms with Gasteiger partial charge >= 0.3 is 5.97 Å². The zero-order valence-corrected chi connectivity index (χ0v) is 12.7. The van der Waals surface area contributed by atoms with Crippen LogP contribution in [0.25, 0.3) is 5.82 Å². The van der Waals surface area contributed by atoms with Crippen molar-refractivity contribution in [1.29, 1.82) is 0 Å². The molecule has 2 rings (SSSR count). The number of hydrogen-bond donors (Lipinski definition) is 1. The van der Waals surface area contributed by atoms with E-state index in [-0.39, 0.29) is 11.8 Å². The van der Waals surface area contributed by atoms with Crippen LogP contribution in [-0.2, 0) is 9.53 Å². The summed E-state index contributed by atoms with van der Waals surface area (Å²) >= 11 is 0. The van der Waals surface area contributed by atoms with Crippen LogP contribution in [-0.4, -0.2) is 39.6 Å². The Labute approximate surface area is 128 Å². The van der Waals surface area contributed by atoms with Gasteiger partial charge in [-0.3, -0.25) is 9.36 Å². The maximum atomic E-state index is 12.2. The number of hydrogen-bond acceptors (Lipinski definition) is 5. The van der Waals surface area contributed by atoms with Gasteiger partial charge in [0.05, 0.1) is 12.7 Å². The van der Waals surface area contributed by atoms with Crippen LogP contribution >= 0.6 is 0 Å². The molecule has 2 aromatic rings. The fourth-order valence-corrected chi connectivity index (χ4v) is 1.92. The summed E-state index contributed by atoms with van der Waals surface area (Å²) in [6, 6.07) is 2.66. The molecule has 0 aliphatic carbocycles. The van der Waals surface area contributed by atoms with E-state index in [1.54, 1.807) is 35.4 Å². The van der Waals surface area contributed by atoms with E-state index >= 15 is 0 Å². The molecule has 0 aliphatic heterocycles. The van der Waals surface area contributed by atoms with E-state index in [0.29, 0.717) is 11.4 Å². The number of methoxy groups -OCH3 is 1. The Morgan fingerprint density at radius 2 is 2.09 bits per heavy atom. The lowest BCUT2D eigenvalue weighted by molar-refractivity contribution is -0.144. The Morgan fingerprint density at radius 3 is 2.59 bits per heavy atom. The molecule has 0 aliphatic rings. The molecule has 0 saturated heterocycles. The van der Waals surface area contributed by atoms with E-state index in [9.17, 15) is 9.59 Å². The van der Waals surface area contributed by atoms with Crippen LogP contribution in [0.15, 0.2) is 37.1 Å². The molecular formula is C15H18N4O3. The van der Waals surface area contributed by atoms with Crippen molar-refractivity contribution in [2.24, 2.45) is 5.92 Å². The Morgan fingerprint density at radius 1 is 1.32 bits per heavy atom. The highest BCUT2D eigenvalue weighted by Gasteiger charge is 2.25. The molecule has 7 nitrogen and oxygen atoms in total. The van der Waals surface area contributed by atoms with Crippen LogP contribution in [0.1, 0.15) is 24.2 Å². The lowest BCUT2D eigenvalue weighted by Crippen LogP contribution is -2.45. The molecule has 0 fully saturated rings. The molecule has 0 spiro atoms. The molecule has 0 unspecified atom stereocenters. The largest absolute Gasteiger partial charge is 0.467 e. The lowest BCUT2D eigenvalue weighted by Gasteiger charge is -2.19. The predicted molar refractivity (Wildman–Crippen MR) is 79.5 cm³/mol. The molecule has 1 N–H and O–H groups in total. The van der Waals surface area contributed by atoms with Crippen molar-refractivity contribution < 1.29 is 14.3 Å². The van der Waals surface area contributed by atoms with Gasteiger partial charge in [0.15, 0.2) is 0 Å². The highest BCUT2D eigenvalue weighted by Crippen LogP contribution is 2.08. The average Bonchev–Trinajstić information content (AvgIpc) is 3.06. The molecule has 1 amide bonds. The van der Waals surface area contributed by atoms with Gasteiger partial charge in [-0.15, -0.1) is 0 Å². The maximum Gasteiger partial charge on any atom is 0.328 e. The molecule has 2 aromatic heterocycles. The second-order valence-electron chi connectivity index (χ2n) is 5.09. The van der Waals surface area contributed by atoms with Gasteiger partial charge in [-0.25, -0.2) is 14.8 Å². The van der Waals surface area contributed by atoms with Crippen LogP contribution in [0.4, 0.5) is 0 Å². The van der Waals surface area contributed by atoms with E-state index in [1.165, 1.54) is 13.3 Å². The van der Waals surface area contributed by atoms with Crippen molar-refractivity contribution in [3.63, 3.8) is 0 Å². The number of esters is 1. The van der Waals surface area contributed by atoms with Crippen molar-refractivity contribution in [3.8, 4) is 5.82 Å². The lowest BCUT2D eigenvalue weighted by atomic mass is 10.0. The van der Waals surface area contributed by atoms with Crippen LogP contribution in [0, 0.1) is 5.92 Å². The number of carbonyl (C=O) groups excluding carboxylic acids is 2. The third-order valence-electron chi connectivity index (χ3n) is 3.19. The molecule has 1 atom stereocenters. The van der Waals surface area contributed by atoms with Gasteiger partial charge in [0.25, 0.3) is 5.91 Å². The number of nitrogens with zero attached hydrogens (tertiary/aromatic N) is 3. The Hall–Kier alpha value is -2.70. The van der Waals surface area contributed by atoms with Crippen molar-refractivity contribution in [2.75, 3.05) is 7.11 Å². The second-order valence-corrected chi connectivity index (χ2v) is 5.09. The molecule has 0 bridgehead atoms. The fourth-order valence-electron chi connectivity index (χ4n) is 1.92. The molecular weight excluding hydrogens is 284 g/mol. The van der Waals surface area contributed by atoms with E-state index < -0.39 is 12.0 Å². The molecule has 0 radical (unpaired) electrons. The van der Waals surface area contributed by atoms with E-state index in [4.69, 9.17) is 4.74 Å². The van der Waals surface area contributed by atoms with Gasteiger partial charge < -0.3 is 10.1 Å². The van der Waals surface area contributed by atoms with Crippen LogP contribution in [0.3, 0.4) is 0 Å². The average molecular weight is 302 g/mol. The number of amides is 1. The zero-order chi connectivity index (χ0) is 16.1. The fraction of sp³-hybridized carbons (Fsp3) is 0.333. The molecule has 7 heteroatoms. The first-order chi connectivity index (χ1) is 10.5. The quantitative estimate of drug-likeness (QED) is 0.839. The van der Waals surface area contributed by atoms with Gasteiger partial charge in [-0.1, -0.05) is 13.8 Å². The summed E-state index contributed by atoms with van der Waals surface area (Å²) in [5.74, 6) is -0.253. The molecule has 2 heterocycles. The number of aromatic nitrogens is 3. The molecule has 0 aromatic carbocycles. The monoisotopic (exact) mass is 302 g/mol. The molecule has 116 valence electrons. The van der Waals surface area contributed by atoms with E-state index in [2.05, 4.69) is 15.3 Å². The van der Waals surface area contributed by atoms with Gasteiger partial charge in [0.2, 0.25) is 0 Å². The first kappa shape index (κ1) is 15.7. The minimum Gasteiger partial charge on any atom is -0.467 e. The summed E-state index contributed by atoms with van der Waals surface area (Å²) in [6.07, 6.45) is 6.48. The molecule has 0 saturated carbocycles. The summed E-state index contributed by atoms with van der Waals surface area (Å²) in [7, 11) is 1.30. The minimum atomic E-state index is -0.689. The highest BCUT2D eigenvalue weighted by atomic mass is 16.5. The van der Waals surface area contributed by atoms with Crippen molar-refractivity contribution in [1.82, 2.24) is 19.9 Å². The van der Waals surface area contributed by atoms with E-state index in [1.807, 2.05) is 13.8 Å². The summed E-state index contributed by atoms with van der Waals surface area (Å²) in [6.45, 7) is 3.67. The zero-order valence-electron chi connectivity index (χ0n) is 12.7. The first-order valence-corrected chi connectivity index (χ1v) is 6.86.